The molecule has 71 heavy (non-hydrogen) atoms. The number of hydrogen-bond donors (Lipinski definition) is 0. The van der Waals surface area contributed by atoms with Crippen LogP contribution >= 0.6 is 13.5 Å². The van der Waals surface area contributed by atoms with Crippen LogP contribution in [0.1, 0.15) is 375 Å². The number of rotatable bonds is 50. The van der Waals surface area contributed by atoms with Crippen LogP contribution in [-0.2, 0) is 50.5 Å². The van der Waals surface area contributed by atoms with Crippen molar-refractivity contribution in [1.29, 1.82) is 0 Å². The topological polar surface area (TPSA) is 0 Å². The Hall–Kier alpha value is 3.35. The summed E-state index contributed by atoms with van der Waals surface area (Å²) in [5.74, 6) is 3.82. The predicted octanol–water partition coefficient (Wildman–Crippen LogP) is 23.5. The Morgan fingerprint density at radius 3 is 0.380 bits per heavy atom. The first-order valence-corrected chi connectivity index (χ1v) is 33.7. The molecule has 0 fully saturated rings. The molecule has 0 rings (SSSR count). The summed E-state index contributed by atoms with van der Waals surface area (Å²) in [5.41, 5.74) is 0. The molecule has 0 aliphatic carbocycles. The van der Waals surface area contributed by atoms with Gasteiger partial charge >= 0.3 is 47.8 Å². The van der Waals surface area contributed by atoms with Crippen molar-refractivity contribution in [2.75, 3.05) is 23.0 Å². The van der Waals surface area contributed by atoms with Crippen molar-refractivity contribution in [3.8, 4) is 0 Å². The molecule has 0 atom stereocenters. The average molecular weight is 1300 g/mol. The molecule has 0 aliphatic heterocycles. The largest absolute Gasteiger partial charge is 2.00 e. The van der Waals surface area contributed by atoms with Gasteiger partial charge in [-0.15, -0.1) is 0 Å². The first kappa shape index (κ1) is 93.7. The van der Waals surface area contributed by atoms with Gasteiger partial charge in [0, 0.05) is 0 Å². The fourth-order valence-electron chi connectivity index (χ4n) is 7.92. The maximum Gasteiger partial charge on any atom is 2.00 e. The molecule has 0 bridgehead atoms. The Morgan fingerprint density at radius 2 is 0.282 bits per heavy atom. The first-order valence-electron chi connectivity index (χ1n) is 31.4. The third-order valence-corrected chi connectivity index (χ3v) is 13.9. The second-order valence-electron chi connectivity index (χ2n) is 20.1. The number of hydrogen-bond acceptors (Lipinski definition) is 4. The van der Waals surface area contributed by atoms with E-state index in [-0.39, 0.29) is 61.3 Å². The van der Waals surface area contributed by atoms with Gasteiger partial charge < -0.3 is 50.5 Å². The molecule has 0 aromatic carbocycles. The van der Waals surface area contributed by atoms with E-state index in [9.17, 15) is 0 Å². The van der Waals surface area contributed by atoms with Gasteiger partial charge in [0.2, 0.25) is 0 Å². The van der Waals surface area contributed by atoms with Crippen molar-refractivity contribution in [2.24, 2.45) is 0 Å². The molecule has 0 aliphatic rings. The van der Waals surface area contributed by atoms with Crippen molar-refractivity contribution < 1.29 is 0 Å². The molecule has 0 N–H and O–H groups in total. The van der Waals surface area contributed by atoms with Gasteiger partial charge in [-0.2, -0.15) is 36.5 Å². The van der Waals surface area contributed by atoms with Crippen LogP contribution in [0.4, 0.5) is 0 Å². The minimum Gasteiger partial charge on any atom is -0.793 e. The third-order valence-electron chi connectivity index (χ3n) is 12.7. The van der Waals surface area contributed by atoms with E-state index < -0.39 is 0 Å². The van der Waals surface area contributed by atoms with Crippen LogP contribution in [0.25, 0.3) is 0 Å². The van der Waals surface area contributed by atoms with Crippen LogP contribution in [0.15, 0.2) is 0 Å². The van der Waals surface area contributed by atoms with E-state index in [1.165, 1.54) is 321 Å². The van der Waals surface area contributed by atoms with Crippen molar-refractivity contribution in [3.05, 3.63) is 13.8 Å². The molecule has 0 unspecified atom stereocenters. The smallest absolute Gasteiger partial charge is 0.793 e. The summed E-state index contributed by atoms with van der Waals surface area (Å²) in [7, 11) is 0. The minimum atomic E-state index is 0. The predicted molar refractivity (Wildman–Crippen MR) is 356 cm³/mol. The zero-order valence-electron chi connectivity index (χ0n) is 50.1. The molecule has 0 spiro atoms. The Bertz CT molecular complexity index is 537. The van der Waals surface area contributed by atoms with Gasteiger partial charge in [0.05, 0.1) is 0 Å². The van der Waals surface area contributed by atoms with E-state index in [1.807, 2.05) is 0 Å². The fraction of sp³-hybridized carbons (Fsp3) is 0.969. The molecular weight excluding hydrogens is 1170 g/mol. The Balaban J connectivity index is -0.0000000930. The normalized spacial score (nSPS) is 9.97. The first-order chi connectivity index (χ1) is 33.5. The van der Waals surface area contributed by atoms with Gasteiger partial charge in [0.25, 0.3) is 0 Å². The second kappa shape index (κ2) is 109. The molecular formula is C64H136S5Sn2. The van der Waals surface area contributed by atoms with Gasteiger partial charge in [-0.25, -0.2) is 0 Å². The molecule has 0 amide bonds. The third kappa shape index (κ3) is 131. The van der Waals surface area contributed by atoms with Crippen LogP contribution in [0.5, 0.6) is 0 Å². The zero-order valence-corrected chi connectivity index (χ0v) is 60.1. The van der Waals surface area contributed by atoms with Crippen LogP contribution < -0.4 is 0 Å². The van der Waals surface area contributed by atoms with Crippen LogP contribution in [-0.4, -0.2) is 70.8 Å². The van der Waals surface area contributed by atoms with E-state index in [4.69, 9.17) is 50.5 Å². The van der Waals surface area contributed by atoms with Gasteiger partial charge in [0.15, 0.2) is 0 Å². The zero-order chi connectivity index (χ0) is 51.6. The van der Waals surface area contributed by atoms with Crippen molar-refractivity contribution in [1.82, 2.24) is 0 Å². The van der Waals surface area contributed by atoms with E-state index in [1.54, 1.807) is 0 Å². The maximum absolute atomic E-state index is 4.90. The van der Waals surface area contributed by atoms with Crippen molar-refractivity contribution in [2.45, 2.75) is 375 Å². The van der Waals surface area contributed by atoms with Gasteiger partial charge in [-0.1, -0.05) is 389 Å². The second-order valence-corrected chi connectivity index (χ2v) is 21.7. The molecule has 6 radical (unpaired) electrons. The summed E-state index contributed by atoms with van der Waals surface area (Å²) >= 11 is 19.6. The molecule has 0 saturated carbocycles. The number of unbranched alkanes of at least 4 members (excludes halogenated alkanes) is 46. The molecule has 0 aromatic heterocycles. The maximum atomic E-state index is 4.90. The standard InChI is InChI=1S/4C12H26S.2C8H17.H2S.2Sn/c4*1-2-3-4-5-6-7-8-9-10-11-12-13;2*1-3-5-7-8-6-4-2;;;/h4*13H,2-12H2,1H3;2*1,3-8H2,2H3;1H2;;/q;;;;;;;2*+2/p-4. The summed E-state index contributed by atoms with van der Waals surface area (Å²) in [6.45, 7) is 21.1. The minimum absolute atomic E-state index is 0. The molecule has 0 saturated heterocycles. The SMILES string of the molecule is CCCCCCCCCCCC[S-].CCCCCCCCCCCC[S-].CCCCCCCCCCCC[S-].CCCCCCCCCCCC[S-].S.[CH2]CCCCCCC.[CH2]CCCCCCC.[Sn+2].[Sn+2]. The molecule has 430 valence electrons. The monoisotopic (exact) mass is 1300 g/mol. The Labute approximate surface area is 519 Å². The summed E-state index contributed by atoms with van der Waals surface area (Å²) in [6, 6.07) is 0. The molecule has 7 heteroatoms. The van der Waals surface area contributed by atoms with E-state index in [2.05, 4.69) is 55.4 Å². The summed E-state index contributed by atoms with van der Waals surface area (Å²) in [6.07, 6.45) is 72.1. The van der Waals surface area contributed by atoms with Crippen LogP contribution in [0.3, 0.4) is 0 Å². The Kier molecular flexibility index (Phi) is 144. The molecule has 0 nitrogen and oxygen atoms in total. The van der Waals surface area contributed by atoms with Gasteiger partial charge in [-0.05, 0) is 0 Å². The summed E-state index contributed by atoms with van der Waals surface area (Å²) in [5, 5.41) is 0. The van der Waals surface area contributed by atoms with Crippen LogP contribution in [0, 0.1) is 13.8 Å². The summed E-state index contributed by atoms with van der Waals surface area (Å²) < 4.78 is 0. The quantitative estimate of drug-likeness (QED) is 0.0338. The fourth-order valence-corrected chi connectivity index (χ4v) is 8.74. The van der Waals surface area contributed by atoms with E-state index >= 15 is 0 Å². The van der Waals surface area contributed by atoms with E-state index in [0.29, 0.717) is 0 Å². The van der Waals surface area contributed by atoms with Crippen molar-refractivity contribution >= 4 is 112 Å². The van der Waals surface area contributed by atoms with E-state index in [0.717, 1.165) is 35.9 Å². The Morgan fingerprint density at radius 1 is 0.183 bits per heavy atom. The van der Waals surface area contributed by atoms with Crippen LogP contribution in [0.2, 0.25) is 0 Å². The summed E-state index contributed by atoms with van der Waals surface area (Å²) in [4.78, 5) is 0. The molecule has 0 aromatic rings. The van der Waals surface area contributed by atoms with Gasteiger partial charge in [-0.3, -0.25) is 0 Å². The van der Waals surface area contributed by atoms with Gasteiger partial charge in [0.1, 0.15) is 0 Å². The van der Waals surface area contributed by atoms with Crippen molar-refractivity contribution in [3.63, 3.8) is 0 Å². The molecule has 0 heterocycles. The average Bonchev–Trinajstić information content (AvgIpc) is 3.36.